The summed E-state index contributed by atoms with van der Waals surface area (Å²) in [5, 5.41) is 3.02. The average molecular weight is 430 g/mol. The lowest BCUT2D eigenvalue weighted by Crippen LogP contribution is -2.31. The van der Waals surface area contributed by atoms with Gasteiger partial charge < -0.3 is 10.2 Å². The van der Waals surface area contributed by atoms with Gasteiger partial charge in [0.1, 0.15) is 5.78 Å². The molecule has 4 saturated carbocycles. The molecule has 4 fully saturated rings. The molecule has 152 valence electrons. The molecule has 29 heavy (non-hydrogen) atoms. The van der Waals surface area contributed by atoms with Crippen molar-refractivity contribution in [3.8, 4) is 0 Å². The Bertz CT molecular complexity index is 1020. The number of fused-ring (bicyclic) bond motifs is 1. The second kappa shape index (κ2) is 7.09. The van der Waals surface area contributed by atoms with E-state index in [1.165, 1.54) is 23.1 Å². The molecule has 4 aliphatic rings. The van der Waals surface area contributed by atoms with Crippen LogP contribution in [0.4, 0.5) is 5.69 Å². The predicted octanol–water partition coefficient (Wildman–Crippen LogP) is 3.28. The van der Waals surface area contributed by atoms with Gasteiger partial charge in [0.25, 0.3) is 0 Å². The van der Waals surface area contributed by atoms with E-state index in [9.17, 15) is 14.4 Å². The van der Waals surface area contributed by atoms with Gasteiger partial charge in [0.05, 0.1) is 21.9 Å². The van der Waals surface area contributed by atoms with Gasteiger partial charge in [0.2, 0.25) is 11.8 Å². The molecule has 5 unspecified atom stereocenters. The van der Waals surface area contributed by atoms with Crippen LogP contribution in [-0.2, 0) is 14.4 Å². The van der Waals surface area contributed by atoms with Gasteiger partial charge in [-0.15, -0.1) is 11.3 Å². The van der Waals surface area contributed by atoms with Crippen molar-refractivity contribution in [3.05, 3.63) is 18.2 Å². The second-order valence-electron chi connectivity index (χ2n) is 8.04. The van der Waals surface area contributed by atoms with E-state index in [1.54, 1.807) is 0 Å². The smallest absolute Gasteiger partial charge is 0.232 e. The third-order valence-corrected chi connectivity index (χ3v) is 8.82. The number of hydrogen-bond donors (Lipinski definition) is 1. The minimum atomic E-state index is -0.133. The van der Waals surface area contributed by atoms with Crippen molar-refractivity contribution in [2.45, 2.75) is 24.6 Å². The van der Waals surface area contributed by atoms with Gasteiger partial charge in [-0.1, -0.05) is 11.8 Å². The molecule has 1 aromatic heterocycles. The predicted molar refractivity (Wildman–Crippen MR) is 114 cm³/mol. The van der Waals surface area contributed by atoms with E-state index in [2.05, 4.69) is 10.3 Å². The number of nitrogens with one attached hydrogen (secondary N) is 1. The number of carbonyl (C=O) groups is 3. The van der Waals surface area contributed by atoms with E-state index in [0.717, 1.165) is 26.7 Å². The maximum Gasteiger partial charge on any atom is 0.232 e. The molecule has 1 heterocycles. The second-order valence-corrected chi connectivity index (χ2v) is 10.3. The van der Waals surface area contributed by atoms with Crippen LogP contribution in [0.25, 0.3) is 10.2 Å². The lowest BCUT2D eigenvalue weighted by Gasteiger charge is -2.17. The number of Topliss-reactive ketones (excluding diaryl/α,β-unsaturated/α-hetero) is 1. The summed E-state index contributed by atoms with van der Waals surface area (Å²) in [6.07, 6.45) is 0.910. The number of benzene rings is 1. The van der Waals surface area contributed by atoms with E-state index < -0.39 is 0 Å². The van der Waals surface area contributed by atoms with Crippen molar-refractivity contribution in [3.63, 3.8) is 0 Å². The monoisotopic (exact) mass is 429 g/mol. The Hall–Kier alpha value is -1.93. The maximum absolute atomic E-state index is 12.8. The van der Waals surface area contributed by atoms with Gasteiger partial charge in [-0.3, -0.25) is 14.4 Å². The molecule has 6 rings (SSSR count). The molecule has 0 spiro atoms. The molecule has 8 heteroatoms. The summed E-state index contributed by atoms with van der Waals surface area (Å²) >= 11 is 2.99. The van der Waals surface area contributed by atoms with Crippen molar-refractivity contribution >= 4 is 56.6 Å². The zero-order chi connectivity index (χ0) is 20.3. The molecule has 6 nitrogen and oxygen atoms in total. The third-order valence-electron chi connectivity index (χ3n) is 6.67. The van der Waals surface area contributed by atoms with Crippen LogP contribution < -0.4 is 5.32 Å². The number of ketones is 1. The van der Waals surface area contributed by atoms with Gasteiger partial charge in [-0.05, 0) is 50.3 Å². The number of anilines is 1. The Labute approximate surface area is 177 Å². The fraction of sp³-hybridized carbons (Fsp3) is 0.524. The van der Waals surface area contributed by atoms with Gasteiger partial charge in [-0.25, -0.2) is 4.98 Å². The summed E-state index contributed by atoms with van der Waals surface area (Å²) < 4.78 is 1.84. The molecule has 0 radical (unpaired) electrons. The summed E-state index contributed by atoms with van der Waals surface area (Å²) in [4.78, 5) is 43.5. The molecule has 2 aromatic rings. The van der Waals surface area contributed by atoms with E-state index >= 15 is 0 Å². The van der Waals surface area contributed by atoms with Crippen LogP contribution in [0.3, 0.4) is 0 Å². The lowest BCUT2D eigenvalue weighted by molar-refractivity contribution is -0.128. The van der Waals surface area contributed by atoms with Crippen LogP contribution in [0, 0.1) is 29.6 Å². The first-order valence-electron chi connectivity index (χ1n) is 10.2. The first kappa shape index (κ1) is 19.1. The van der Waals surface area contributed by atoms with E-state index in [0.29, 0.717) is 36.5 Å². The molecular weight excluding hydrogens is 406 g/mol. The number of aromatic nitrogens is 1. The molecule has 1 aromatic carbocycles. The van der Waals surface area contributed by atoms with Crippen LogP contribution >= 0.6 is 23.1 Å². The molecule has 5 atom stereocenters. The minimum absolute atomic E-state index is 0.0147. The summed E-state index contributed by atoms with van der Waals surface area (Å²) in [5.74, 6) is 1.58. The van der Waals surface area contributed by atoms with Crippen LogP contribution in [-0.4, -0.2) is 46.3 Å². The van der Waals surface area contributed by atoms with Gasteiger partial charge in [-0.2, -0.15) is 0 Å². The average Bonchev–Trinajstić information content (AvgIpc) is 3.06. The number of thioether (sulfide) groups is 1. The van der Waals surface area contributed by atoms with Crippen LogP contribution in [0.15, 0.2) is 22.5 Å². The summed E-state index contributed by atoms with van der Waals surface area (Å²) in [6, 6.07) is 5.70. The normalized spacial score (nSPS) is 28.8. The quantitative estimate of drug-likeness (QED) is 0.684. The Kier molecular flexibility index (Phi) is 4.66. The highest BCUT2D eigenvalue weighted by molar-refractivity contribution is 8.01. The van der Waals surface area contributed by atoms with Gasteiger partial charge >= 0.3 is 0 Å². The van der Waals surface area contributed by atoms with E-state index in [-0.39, 0.29) is 29.6 Å². The number of hydrogen-bond acceptors (Lipinski definition) is 6. The van der Waals surface area contributed by atoms with E-state index in [1.807, 2.05) is 36.9 Å². The molecule has 2 amide bonds. The largest absolute Gasteiger partial charge is 0.343 e. The lowest BCUT2D eigenvalue weighted by atomic mass is 9.96. The molecule has 4 bridgehead atoms. The van der Waals surface area contributed by atoms with Gasteiger partial charge in [0.15, 0.2) is 4.34 Å². The maximum atomic E-state index is 12.8. The SMILES string of the molecule is CCN(CC)C(=O)CSc1nc2ccc(NC(=O)C3C4CC5C(C4=O)C53)cc2s1. The highest BCUT2D eigenvalue weighted by Crippen LogP contribution is 2.71. The van der Waals surface area contributed by atoms with Crippen LogP contribution in [0.2, 0.25) is 0 Å². The van der Waals surface area contributed by atoms with Crippen LogP contribution in [0.1, 0.15) is 20.3 Å². The standard InChI is InChI=1S/C21H23N3O3S2/c1-3-24(4-2)15(25)9-28-21-23-13-6-5-10(7-14(13)29-21)22-20(27)18-12-8-11-16(18)17(11)19(12)26/h5-7,11-12,16-18H,3-4,8-9H2,1-2H3,(H,22,27). The minimum Gasteiger partial charge on any atom is -0.343 e. The Morgan fingerprint density at radius 2 is 2.10 bits per heavy atom. The van der Waals surface area contributed by atoms with Crippen molar-refractivity contribution < 1.29 is 14.4 Å². The van der Waals surface area contributed by atoms with Crippen molar-refractivity contribution in [1.82, 2.24) is 9.88 Å². The molecule has 1 N–H and O–H groups in total. The number of amides is 2. The Morgan fingerprint density at radius 1 is 1.31 bits per heavy atom. The van der Waals surface area contributed by atoms with Crippen molar-refractivity contribution in [1.29, 1.82) is 0 Å². The fourth-order valence-electron chi connectivity index (χ4n) is 5.26. The molecule has 0 saturated heterocycles. The molecular formula is C21H23N3O3S2. The molecule has 0 aliphatic heterocycles. The zero-order valence-corrected chi connectivity index (χ0v) is 18.0. The number of rotatable bonds is 7. The van der Waals surface area contributed by atoms with Gasteiger partial charge in [0, 0.05) is 30.6 Å². The number of carbonyl (C=O) groups excluding carboxylic acids is 3. The van der Waals surface area contributed by atoms with Crippen LogP contribution in [0.5, 0.6) is 0 Å². The zero-order valence-electron chi connectivity index (χ0n) is 16.4. The topological polar surface area (TPSA) is 79.4 Å². The summed E-state index contributed by atoms with van der Waals surface area (Å²) in [5.41, 5.74) is 1.61. The van der Waals surface area contributed by atoms with Crippen molar-refractivity contribution in [2.24, 2.45) is 29.6 Å². The summed E-state index contributed by atoms with van der Waals surface area (Å²) in [7, 11) is 0. The fourth-order valence-corrected chi connectivity index (χ4v) is 7.27. The highest BCUT2D eigenvalue weighted by atomic mass is 32.2. The summed E-state index contributed by atoms with van der Waals surface area (Å²) in [6.45, 7) is 5.39. The Balaban J connectivity index is 1.25. The highest BCUT2D eigenvalue weighted by Gasteiger charge is 2.75. The van der Waals surface area contributed by atoms with Crippen molar-refractivity contribution in [2.75, 3.05) is 24.2 Å². The number of nitrogens with zero attached hydrogens (tertiary/aromatic N) is 2. The third kappa shape index (κ3) is 3.08. The first-order valence-corrected chi connectivity index (χ1v) is 12.0. The number of thiazole rings is 1. The Morgan fingerprint density at radius 3 is 2.72 bits per heavy atom. The van der Waals surface area contributed by atoms with E-state index in [4.69, 9.17) is 0 Å². The first-order chi connectivity index (χ1) is 14.0. The molecule has 4 aliphatic carbocycles.